The van der Waals surface area contributed by atoms with Crippen LogP contribution in [0.2, 0.25) is 0 Å². The van der Waals surface area contributed by atoms with Crippen molar-refractivity contribution in [2.45, 2.75) is 58.0 Å². The average Bonchev–Trinajstić information content (AvgIpc) is 2.54. The van der Waals surface area contributed by atoms with Gasteiger partial charge in [-0.25, -0.2) is 9.97 Å². The van der Waals surface area contributed by atoms with Crippen molar-refractivity contribution in [2.75, 3.05) is 20.1 Å². The fourth-order valence-electron chi connectivity index (χ4n) is 3.48. The number of rotatable bonds is 3. The highest BCUT2D eigenvalue weighted by Gasteiger charge is 2.26. The summed E-state index contributed by atoms with van der Waals surface area (Å²) in [7, 11) is 2.16. The van der Waals surface area contributed by atoms with Gasteiger partial charge >= 0.3 is 0 Å². The predicted octanol–water partition coefficient (Wildman–Crippen LogP) is 2.32. The summed E-state index contributed by atoms with van der Waals surface area (Å²) in [5.74, 6) is 1.22. The molecule has 1 saturated heterocycles. The van der Waals surface area contributed by atoms with Crippen LogP contribution in [-0.4, -0.2) is 45.8 Å². The summed E-state index contributed by atoms with van der Waals surface area (Å²) in [6.07, 6.45) is 8.03. The minimum Gasteiger partial charge on any atom is -0.338 e. The van der Waals surface area contributed by atoms with E-state index in [0.29, 0.717) is 19.0 Å². The molecule has 0 unspecified atom stereocenters. The van der Waals surface area contributed by atoms with Crippen molar-refractivity contribution in [3.8, 4) is 0 Å². The van der Waals surface area contributed by atoms with Crippen LogP contribution in [0.1, 0.15) is 62.2 Å². The van der Waals surface area contributed by atoms with Crippen LogP contribution in [0.25, 0.3) is 0 Å². The molecule has 1 amide bonds. The van der Waals surface area contributed by atoms with Gasteiger partial charge < -0.3 is 4.90 Å². The average molecular weight is 302 g/mol. The van der Waals surface area contributed by atoms with Gasteiger partial charge in [0.05, 0.1) is 11.7 Å². The van der Waals surface area contributed by atoms with Crippen LogP contribution in [0.5, 0.6) is 0 Å². The molecule has 0 bridgehead atoms. The normalized spacial score (nSPS) is 22.5. The number of amides is 1. The summed E-state index contributed by atoms with van der Waals surface area (Å²) < 4.78 is 0. The lowest BCUT2D eigenvalue weighted by Gasteiger charge is -2.32. The molecule has 0 saturated carbocycles. The predicted molar refractivity (Wildman–Crippen MR) is 85.3 cm³/mol. The van der Waals surface area contributed by atoms with E-state index in [1.807, 2.05) is 18.0 Å². The Kier molecular flexibility index (Phi) is 4.71. The minimum absolute atomic E-state index is 0.254. The van der Waals surface area contributed by atoms with Crippen LogP contribution in [0, 0.1) is 0 Å². The highest BCUT2D eigenvalue weighted by atomic mass is 16.2. The van der Waals surface area contributed by atoms with Gasteiger partial charge in [-0.3, -0.25) is 9.69 Å². The molecule has 5 heteroatoms. The zero-order chi connectivity index (χ0) is 15.5. The Bertz CT molecular complexity index is 545. The maximum absolute atomic E-state index is 12.0. The summed E-state index contributed by atoms with van der Waals surface area (Å²) in [5.41, 5.74) is 2.27. The summed E-state index contributed by atoms with van der Waals surface area (Å²) in [5, 5.41) is 0. The summed E-state index contributed by atoms with van der Waals surface area (Å²) >= 11 is 0. The highest BCUT2D eigenvalue weighted by molar-refractivity contribution is 5.76. The molecular formula is C17H26N4O. The van der Waals surface area contributed by atoms with Crippen LogP contribution < -0.4 is 0 Å². The quantitative estimate of drug-likeness (QED) is 0.860. The molecule has 2 aliphatic heterocycles. The molecule has 1 fully saturated rings. The fourth-order valence-corrected chi connectivity index (χ4v) is 3.48. The molecule has 5 nitrogen and oxygen atoms in total. The molecule has 3 heterocycles. The molecule has 0 aromatic carbocycles. The van der Waals surface area contributed by atoms with E-state index in [9.17, 15) is 4.79 Å². The van der Waals surface area contributed by atoms with E-state index in [1.165, 1.54) is 12.8 Å². The lowest BCUT2D eigenvalue weighted by atomic mass is 10.0. The molecular weight excluding hydrogens is 276 g/mol. The number of piperidine rings is 1. The van der Waals surface area contributed by atoms with Crippen molar-refractivity contribution in [2.24, 2.45) is 0 Å². The van der Waals surface area contributed by atoms with Crippen molar-refractivity contribution >= 4 is 5.91 Å². The fraction of sp³-hybridized carbons (Fsp3) is 0.706. The third-order valence-electron chi connectivity index (χ3n) is 4.84. The van der Waals surface area contributed by atoms with Gasteiger partial charge in [-0.2, -0.15) is 0 Å². The SMILES string of the molecule is CCCC(=O)N1CCc2nc([C@@H]3CCCCN3C)ncc2C1. The third kappa shape index (κ3) is 3.14. The Balaban J connectivity index is 1.74. The summed E-state index contributed by atoms with van der Waals surface area (Å²) in [6.45, 7) is 4.65. The molecule has 1 atom stereocenters. The zero-order valence-electron chi connectivity index (χ0n) is 13.7. The van der Waals surface area contributed by atoms with Crippen molar-refractivity contribution < 1.29 is 4.79 Å². The van der Waals surface area contributed by atoms with Crippen LogP contribution in [0.15, 0.2) is 6.20 Å². The number of fused-ring (bicyclic) bond motifs is 1. The van der Waals surface area contributed by atoms with Crippen LogP contribution in [0.4, 0.5) is 0 Å². The van der Waals surface area contributed by atoms with Crippen LogP contribution in [-0.2, 0) is 17.8 Å². The first-order valence-electron chi connectivity index (χ1n) is 8.51. The van der Waals surface area contributed by atoms with E-state index >= 15 is 0 Å². The van der Waals surface area contributed by atoms with Gasteiger partial charge in [-0.1, -0.05) is 13.3 Å². The highest BCUT2D eigenvalue weighted by Crippen LogP contribution is 2.28. The second-order valence-electron chi connectivity index (χ2n) is 6.51. The molecule has 0 N–H and O–H groups in total. The molecule has 2 aliphatic rings. The van der Waals surface area contributed by atoms with Crippen LogP contribution >= 0.6 is 0 Å². The Morgan fingerprint density at radius 2 is 2.23 bits per heavy atom. The van der Waals surface area contributed by atoms with E-state index in [1.54, 1.807) is 0 Å². The minimum atomic E-state index is 0.254. The molecule has 0 radical (unpaired) electrons. The second-order valence-corrected chi connectivity index (χ2v) is 6.51. The lowest BCUT2D eigenvalue weighted by molar-refractivity contribution is -0.132. The maximum Gasteiger partial charge on any atom is 0.222 e. The van der Waals surface area contributed by atoms with E-state index in [4.69, 9.17) is 4.98 Å². The van der Waals surface area contributed by atoms with Gasteiger partial charge in [-0.15, -0.1) is 0 Å². The Morgan fingerprint density at radius 3 is 3.00 bits per heavy atom. The molecule has 3 rings (SSSR count). The van der Waals surface area contributed by atoms with Gasteiger partial charge in [-0.05, 0) is 32.9 Å². The number of carbonyl (C=O) groups excluding carboxylic acids is 1. The number of nitrogens with zero attached hydrogens (tertiary/aromatic N) is 4. The van der Waals surface area contributed by atoms with Gasteiger partial charge in [0.15, 0.2) is 0 Å². The Hall–Kier alpha value is -1.49. The van der Waals surface area contributed by atoms with Gasteiger partial charge in [0, 0.05) is 37.7 Å². The first-order chi connectivity index (χ1) is 10.7. The zero-order valence-corrected chi connectivity index (χ0v) is 13.7. The number of aromatic nitrogens is 2. The van der Waals surface area contributed by atoms with E-state index in [-0.39, 0.29) is 5.91 Å². The lowest BCUT2D eigenvalue weighted by Crippen LogP contribution is -2.37. The molecule has 0 spiro atoms. The number of hydrogen-bond donors (Lipinski definition) is 0. The van der Waals surface area contributed by atoms with E-state index in [0.717, 1.165) is 49.4 Å². The first kappa shape index (κ1) is 15.4. The number of carbonyl (C=O) groups is 1. The molecule has 1 aromatic rings. The van der Waals surface area contributed by atoms with E-state index in [2.05, 4.69) is 16.9 Å². The molecule has 1 aromatic heterocycles. The molecule has 0 aliphatic carbocycles. The van der Waals surface area contributed by atoms with Gasteiger partial charge in [0.2, 0.25) is 5.91 Å². The first-order valence-corrected chi connectivity index (χ1v) is 8.51. The number of hydrogen-bond acceptors (Lipinski definition) is 4. The van der Waals surface area contributed by atoms with Crippen molar-refractivity contribution in [3.05, 3.63) is 23.3 Å². The Morgan fingerprint density at radius 1 is 1.36 bits per heavy atom. The molecule has 22 heavy (non-hydrogen) atoms. The molecule has 120 valence electrons. The smallest absolute Gasteiger partial charge is 0.222 e. The second kappa shape index (κ2) is 6.73. The number of likely N-dealkylation sites (tertiary alicyclic amines) is 1. The standard InChI is InChI=1S/C17H26N4O/c1-3-6-16(22)21-10-8-14-13(12-21)11-18-17(19-14)15-7-4-5-9-20(15)2/h11,15H,3-10,12H2,1-2H3/t15-/m0/s1. The summed E-state index contributed by atoms with van der Waals surface area (Å²) in [6, 6.07) is 0.360. The van der Waals surface area contributed by atoms with Crippen molar-refractivity contribution in [1.29, 1.82) is 0 Å². The van der Waals surface area contributed by atoms with Gasteiger partial charge in [0.1, 0.15) is 5.82 Å². The van der Waals surface area contributed by atoms with E-state index < -0.39 is 0 Å². The maximum atomic E-state index is 12.0. The van der Waals surface area contributed by atoms with Gasteiger partial charge in [0.25, 0.3) is 0 Å². The largest absolute Gasteiger partial charge is 0.338 e. The monoisotopic (exact) mass is 302 g/mol. The van der Waals surface area contributed by atoms with Crippen LogP contribution in [0.3, 0.4) is 0 Å². The Labute approximate surface area is 132 Å². The third-order valence-corrected chi connectivity index (χ3v) is 4.84. The summed E-state index contributed by atoms with van der Waals surface area (Å²) in [4.78, 5) is 25.8. The topological polar surface area (TPSA) is 49.3 Å². The van der Waals surface area contributed by atoms with Crippen molar-refractivity contribution in [1.82, 2.24) is 19.8 Å². The van der Waals surface area contributed by atoms with Crippen molar-refractivity contribution in [3.63, 3.8) is 0 Å².